The van der Waals surface area contributed by atoms with E-state index in [4.69, 9.17) is 9.47 Å². The Morgan fingerprint density at radius 2 is 1.90 bits per heavy atom. The zero-order valence-electron chi connectivity index (χ0n) is 13.1. The lowest BCUT2D eigenvalue weighted by Crippen LogP contribution is -2.54. The molecule has 21 heavy (non-hydrogen) atoms. The van der Waals surface area contributed by atoms with Crippen molar-refractivity contribution in [3.63, 3.8) is 0 Å². The van der Waals surface area contributed by atoms with Crippen LogP contribution in [-0.4, -0.2) is 25.6 Å². The van der Waals surface area contributed by atoms with Gasteiger partial charge in [0.1, 0.15) is 11.5 Å². The van der Waals surface area contributed by atoms with Crippen LogP contribution >= 0.6 is 0 Å². The summed E-state index contributed by atoms with van der Waals surface area (Å²) < 4.78 is 11.2. The fourth-order valence-corrected chi connectivity index (χ4v) is 3.92. The minimum atomic E-state index is -0.492. The van der Waals surface area contributed by atoms with Gasteiger partial charge >= 0.3 is 0 Å². The maximum Gasteiger partial charge on any atom is 0.143 e. The number of carbonyl (C=O) groups is 1. The molecular formula is C18H22O3. The van der Waals surface area contributed by atoms with E-state index in [0.29, 0.717) is 12.2 Å². The van der Waals surface area contributed by atoms with E-state index in [1.54, 1.807) is 14.2 Å². The van der Waals surface area contributed by atoms with Gasteiger partial charge in [-0.15, -0.1) is 0 Å². The molecule has 3 aliphatic rings. The van der Waals surface area contributed by atoms with E-state index in [2.05, 4.69) is 13.0 Å². The quantitative estimate of drug-likeness (QED) is 0.853. The third-order valence-corrected chi connectivity index (χ3v) is 5.34. The Bertz CT molecular complexity index is 619. The van der Waals surface area contributed by atoms with Gasteiger partial charge in [0.05, 0.1) is 18.1 Å². The number of para-hydroxylation sites is 1. The van der Waals surface area contributed by atoms with Crippen LogP contribution < -0.4 is 4.74 Å². The minimum absolute atomic E-state index is 0.136. The summed E-state index contributed by atoms with van der Waals surface area (Å²) in [5.74, 6) is 1.27. The van der Waals surface area contributed by atoms with Gasteiger partial charge < -0.3 is 9.47 Å². The lowest BCUT2D eigenvalue weighted by atomic mass is 9.54. The summed E-state index contributed by atoms with van der Waals surface area (Å²) in [6, 6.07) is 7.92. The summed E-state index contributed by atoms with van der Waals surface area (Å²) >= 11 is 0. The molecule has 4 rings (SSSR count). The van der Waals surface area contributed by atoms with Gasteiger partial charge in [-0.2, -0.15) is 0 Å². The second-order valence-corrected chi connectivity index (χ2v) is 6.54. The van der Waals surface area contributed by atoms with Crippen molar-refractivity contribution in [1.82, 2.24) is 0 Å². The van der Waals surface area contributed by atoms with Crippen molar-refractivity contribution in [1.29, 1.82) is 0 Å². The van der Waals surface area contributed by atoms with E-state index in [-0.39, 0.29) is 11.5 Å². The van der Waals surface area contributed by atoms with Crippen LogP contribution in [0.25, 0.3) is 5.57 Å². The second kappa shape index (κ2) is 4.70. The monoisotopic (exact) mass is 286 g/mol. The number of ketones is 1. The number of carbonyl (C=O) groups excluding carboxylic acids is 1. The molecule has 1 aromatic carbocycles. The zero-order chi connectivity index (χ0) is 15.3. The fourth-order valence-electron chi connectivity index (χ4n) is 3.92. The summed E-state index contributed by atoms with van der Waals surface area (Å²) in [6.45, 7) is 4.15. The highest BCUT2D eigenvalue weighted by molar-refractivity contribution is 6.01. The van der Waals surface area contributed by atoms with Crippen LogP contribution in [0.1, 0.15) is 32.3 Å². The Hall–Kier alpha value is -1.61. The highest BCUT2D eigenvalue weighted by atomic mass is 16.5. The summed E-state index contributed by atoms with van der Waals surface area (Å²) in [4.78, 5) is 12.6. The second-order valence-electron chi connectivity index (χ2n) is 6.54. The molecule has 1 aromatic rings. The molecule has 0 amide bonds. The SMILES string of the molecule is COc1ccccc1C1=C[C@@H]2CC(=O)[C@@]1(C)C[C@@]2(C)OC. The average Bonchev–Trinajstić information content (AvgIpc) is 2.49. The lowest BCUT2D eigenvalue weighted by Gasteiger charge is -2.52. The van der Waals surface area contributed by atoms with E-state index in [9.17, 15) is 4.79 Å². The Morgan fingerprint density at radius 1 is 1.19 bits per heavy atom. The largest absolute Gasteiger partial charge is 0.496 e. The predicted molar refractivity (Wildman–Crippen MR) is 82.2 cm³/mol. The lowest BCUT2D eigenvalue weighted by molar-refractivity contribution is -0.144. The van der Waals surface area contributed by atoms with E-state index in [1.165, 1.54) is 0 Å². The third kappa shape index (κ3) is 1.95. The summed E-state index contributed by atoms with van der Waals surface area (Å²) in [5, 5.41) is 0. The maximum absolute atomic E-state index is 12.6. The first kappa shape index (κ1) is 14.3. The first-order valence-corrected chi connectivity index (χ1v) is 7.39. The molecule has 0 aromatic heterocycles. The van der Waals surface area contributed by atoms with E-state index >= 15 is 0 Å². The van der Waals surface area contributed by atoms with Crippen LogP contribution in [0, 0.1) is 11.3 Å². The van der Waals surface area contributed by atoms with Crippen molar-refractivity contribution >= 4 is 11.4 Å². The molecule has 0 aliphatic heterocycles. The van der Waals surface area contributed by atoms with Crippen LogP contribution in [0.15, 0.2) is 30.3 Å². The van der Waals surface area contributed by atoms with Gasteiger partial charge in [0.15, 0.2) is 0 Å². The molecule has 0 radical (unpaired) electrons. The highest BCUT2D eigenvalue weighted by Gasteiger charge is 2.56. The van der Waals surface area contributed by atoms with E-state index < -0.39 is 5.41 Å². The molecule has 3 nitrogen and oxygen atoms in total. The van der Waals surface area contributed by atoms with Crippen LogP contribution in [-0.2, 0) is 9.53 Å². The molecule has 3 atom stereocenters. The molecule has 3 heteroatoms. The smallest absolute Gasteiger partial charge is 0.143 e. The number of hydrogen-bond donors (Lipinski definition) is 0. The number of ether oxygens (including phenoxy) is 2. The van der Waals surface area contributed by atoms with Crippen molar-refractivity contribution in [2.45, 2.75) is 32.3 Å². The summed E-state index contributed by atoms with van der Waals surface area (Å²) in [6.07, 6.45) is 3.52. The summed E-state index contributed by atoms with van der Waals surface area (Å²) in [7, 11) is 3.41. The first-order valence-electron chi connectivity index (χ1n) is 7.39. The predicted octanol–water partition coefficient (Wildman–Crippen LogP) is 3.48. The number of benzene rings is 1. The molecule has 0 saturated heterocycles. The number of hydrogen-bond acceptors (Lipinski definition) is 3. The van der Waals surface area contributed by atoms with Crippen LogP contribution in [0.3, 0.4) is 0 Å². The van der Waals surface area contributed by atoms with Crippen molar-refractivity contribution in [3.8, 4) is 5.75 Å². The van der Waals surface area contributed by atoms with Gasteiger partial charge in [-0.1, -0.05) is 24.3 Å². The normalized spacial score (nSPS) is 34.8. The van der Waals surface area contributed by atoms with Crippen LogP contribution in [0.4, 0.5) is 0 Å². The van der Waals surface area contributed by atoms with Crippen LogP contribution in [0.2, 0.25) is 0 Å². The van der Waals surface area contributed by atoms with Crippen molar-refractivity contribution in [3.05, 3.63) is 35.9 Å². The number of rotatable bonds is 3. The number of methoxy groups -OCH3 is 2. The zero-order valence-corrected chi connectivity index (χ0v) is 13.1. The molecule has 112 valence electrons. The van der Waals surface area contributed by atoms with Crippen molar-refractivity contribution in [2.24, 2.45) is 11.3 Å². The van der Waals surface area contributed by atoms with Crippen molar-refractivity contribution < 1.29 is 14.3 Å². The van der Waals surface area contributed by atoms with Gasteiger partial charge in [-0.05, 0) is 31.9 Å². The molecule has 0 spiro atoms. The van der Waals surface area contributed by atoms with Gasteiger partial charge in [0.2, 0.25) is 0 Å². The molecular weight excluding hydrogens is 264 g/mol. The number of allylic oxidation sites excluding steroid dienone is 1. The van der Waals surface area contributed by atoms with Gasteiger partial charge in [0.25, 0.3) is 0 Å². The van der Waals surface area contributed by atoms with Gasteiger partial charge in [-0.25, -0.2) is 0 Å². The highest BCUT2D eigenvalue weighted by Crippen LogP contribution is 2.57. The molecule has 3 aliphatic carbocycles. The van der Waals surface area contributed by atoms with E-state index in [0.717, 1.165) is 23.3 Å². The Morgan fingerprint density at radius 3 is 2.57 bits per heavy atom. The molecule has 1 saturated carbocycles. The fraction of sp³-hybridized carbons (Fsp3) is 0.500. The molecule has 0 N–H and O–H groups in total. The Labute approximate surface area is 125 Å². The molecule has 2 bridgehead atoms. The Balaban J connectivity index is 2.16. The molecule has 1 fully saturated rings. The first-order chi connectivity index (χ1) is 9.94. The number of fused-ring (bicyclic) bond motifs is 2. The standard InChI is InChI=1S/C18H22O3/c1-17-11-18(2,21-4)12(10-16(17)19)9-14(17)13-7-5-6-8-15(13)20-3/h5-9,12H,10-11H2,1-4H3/t12-,17+,18-/m1/s1. The van der Waals surface area contributed by atoms with Gasteiger partial charge in [0, 0.05) is 25.0 Å². The number of Topliss-reactive ketones (excluding diaryl/α,β-unsaturated/α-hetero) is 1. The van der Waals surface area contributed by atoms with Crippen LogP contribution in [0.5, 0.6) is 5.75 Å². The minimum Gasteiger partial charge on any atom is -0.496 e. The summed E-state index contributed by atoms with van der Waals surface area (Å²) in [5.41, 5.74) is 1.37. The third-order valence-electron chi connectivity index (χ3n) is 5.34. The van der Waals surface area contributed by atoms with Gasteiger partial charge in [-0.3, -0.25) is 4.79 Å². The Kier molecular flexibility index (Phi) is 3.21. The van der Waals surface area contributed by atoms with E-state index in [1.807, 2.05) is 31.2 Å². The molecule has 0 heterocycles. The average molecular weight is 286 g/mol. The van der Waals surface area contributed by atoms with Crippen molar-refractivity contribution in [2.75, 3.05) is 14.2 Å². The molecule has 0 unspecified atom stereocenters. The topological polar surface area (TPSA) is 35.5 Å². The maximum atomic E-state index is 12.6.